The Morgan fingerprint density at radius 2 is 2.05 bits per heavy atom. The van der Waals surface area contributed by atoms with Crippen LogP contribution in [0.4, 0.5) is 0 Å². The smallest absolute Gasteiger partial charge is 0.240 e. The van der Waals surface area contributed by atoms with Crippen molar-refractivity contribution in [2.75, 3.05) is 13.7 Å². The molecule has 0 radical (unpaired) electrons. The molecule has 0 bridgehead atoms. The van der Waals surface area contributed by atoms with Crippen molar-refractivity contribution in [3.63, 3.8) is 0 Å². The monoisotopic (exact) mass is 302 g/mol. The van der Waals surface area contributed by atoms with E-state index in [1.54, 1.807) is 19.0 Å². The second kappa shape index (κ2) is 5.39. The quantitative estimate of drug-likeness (QED) is 0.844. The highest BCUT2D eigenvalue weighted by Gasteiger charge is 2.45. The third kappa shape index (κ3) is 2.61. The van der Waals surface area contributed by atoms with Crippen molar-refractivity contribution >= 4 is 11.6 Å². The Balaban J connectivity index is 1.93. The lowest BCUT2D eigenvalue weighted by Gasteiger charge is -2.35. The molecular formula is C17H22N2O3. The average molecular weight is 302 g/mol. The van der Waals surface area contributed by atoms with Gasteiger partial charge in [0.15, 0.2) is 0 Å². The Bertz CT molecular complexity index is 607. The van der Waals surface area contributed by atoms with E-state index in [1.807, 2.05) is 24.3 Å². The molecule has 1 aromatic carbocycles. The molecule has 5 nitrogen and oxygen atoms in total. The molecular weight excluding hydrogens is 280 g/mol. The fraction of sp³-hybridized carbons (Fsp3) is 0.529. The third-order valence-electron chi connectivity index (χ3n) is 4.35. The lowest BCUT2D eigenvalue weighted by atomic mass is 9.83. The second-order valence-corrected chi connectivity index (χ2v) is 6.53. The minimum Gasteiger partial charge on any atom is -0.497 e. The first-order chi connectivity index (χ1) is 10.4. The zero-order valence-corrected chi connectivity index (χ0v) is 13.5. The molecule has 0 spiro atoms. The molecule has 1 aromatic rings. The number of amides is 1. The van der Waals surface area contributed by atoms with Gasteiger partial charge in [-0.05, 0) is 31.5 Å². The van der Waals surface area contributed by atoms with Crippen molar-refractivity contribution in [3.05, 3.63) is 29.8 Å². The molecule has 0 N–H and O–H groups in total. The highest BCUT2D eigenvalue weighted by Crippen LogP contribution is 2.42. The van der Waals surface area contributed by atoms with E-state index in [1.165, 1.54) is 0 Å². The number of rotatable bonds is 2. The summed E-state index contributed by atoms with van der Waals surface area (Å²) in [4.78, 5) is 12.0. The van der Waals surface area contributed by atoms with Gasteiger partial charge >= 0.3 is 0 Å². The van der Waals surface area contributed by atoms with E-state index >= 15 is 0 Å². The van der Waals surface area contributed by atoms with Crippen LogP contribution < -0.4 is 4.74 Å². The molecule has 0 aromatic heterocycles. The van der Waals surface area contributed by atoms with Crippen molar-refractivity contribution in [1.29, 1.82) is 0 Å². The Hall–Kier alpha value is -1.88. The summed E-state index contributed by atoms with van der Waals surface area (Å²) in [6.07, 6.45) is 0.758. The number of fused-ring (bicyclic) bond motifs is 1. The topological polar surface area (TPSA) is 51.1 Å². The summed E-state index contributed by atoms with van der Waals surface area (Å²) < 4.78 is 11.2. The van der Waals surface area contributed by atoms with Gasteiger partial charge in [-0.3, -0.25) is 4.79 Å². The number of hydrazone groups is 1. The number of benzene rings is 1. The molecule has 0 aliphatic carbocycles. The van der Waals surface area contributed by atoms with Crippen LogP contribution in [0.2, 0.25) is 0 Å². The molecule has 1 fully saturated rings. The minimum absolute atomic E-state index is 0.0412. The predicted molar refractivity (Wildman–Crippen MR) is 83.8 cm³/mol. The van der Waals surface area contributed by atoms with E-state index in [2.05, 4.69) is 18.9 Å². The standard InChI is InChI=1S/C17H22N2O3/c1-11(20)19-16(12-5-7-13(21-4)8-6-12)14-10-22-17(2,3)9-15(14)18-19/h5-8,14,16H,9-10H2,1-4H3/t14-,16+/m1/s1. The summed E-state index contributed by atoms with van der Waals surface area (Å²) in [6.45, 7) is 6.27. The lowest BCUT2D eigenvalue weighted by Crippen LogP contribution is -2.41. The normalized spacial score (nSPS) is 26.4. The van der Waals surface area contributed by atoms with Gasteiger partial charge in [0, 0.05) is 25.0 Å². The zero-order valence-electron chi connectivity index (χ0n) is 13.5. The van der Waals surface area contributed by atoms with Gasteiger partial charge in [0.2, 0.25) is 5.91 Å². The summed E-state index contributed by atoms with van der Waals surface area (Å²) in [5.74, 6) is 0.893. The van der Waals surface area contributed by atoms with Gasteiger partial charge < -0.3 is 9.47 Å². The molecule has 118 valence electrons. The van der Waals surface area contributed by atoms with Gasteiger partial charge in [-0.1, -0.05) is 12.1 Å². The molecule has 1 saturated heterocycles. The summed E-state index contributed by atoms with van der Waals surface area (Å²) in [5, 5.41) is 6.20. The minimum atomic E-state index is -0.216. The summed E-state index contributed by atoms with van der Waals surface area (Å²) in [5.41, 5.74) is 1.90. The molecule has 2 aliphatic rings. The Labute approximate surface area is 130 Å². The fourth-order valence-electron chi connectivity index (χ4n) is 3.22. The van der Waals surface area contributed by atoms with Crippen molar-refractivity contribution in [2.24, 2.45) is 11.0 Å². The number of nitrogens with zero attached hydrogens (tertiary/aromatic N) is 2. The maximum Gasteiger partial charge on any atom is 0.240 e. The maximum absolute atomic E-state index is 12.0. The largest absolute Gasteiger partial charge is 0.497 e. The third-order valence-corrected chi connectivity index (χ3v) is 4.35. The number of hydrogen-bond donors (Lipinski definition) is 0. The van der Waals surface area contributed by atoms with E-state index in [0.29, 0.717) is 6.61 Å². The van der Waals surface area contributed by atoms with E-state index < -0.39 is 0 Å². The highest BCUT2D eigenvalue weighted by molar-refractivity contribution is 5.93. The molecule has 3 rings (SSSR count). The van der Waals surface area contributed by atoms with Crippen LogP contribution >= 0.6 is 0 Å². The van der Waals surface area contributed by atoms with Gasteiger partial charge in [0.1, 0.15) is 5.75 Å². The van der Waals surface area contributed by atoms with Crippen LogP contribution in [0.1, 0.15) is 38.8 Å². The van der Waals surface area contributed by atoms with Gasteiger partial charge in [-0.15, -0.1) is 0 Å². The molecule has 0 unspecified atom stereocenters. The Morgan fingerprint density at radius 3 is 2.64 bits per heavy atom. The average Bonchev–Trinajstić information content (AvgIpc) is 2.84. The van der Waals surface area contributed by atoms with Crippen LogP contribution in [0.15, 0.2) is 29.4 Å². The molecule has 0 saturated carbocycles. The molecule has 2 atom stereocenters. The van der Waals surface area contributed by atoms with E-state index in [-0.39, 0.29) is 23.5 Å². The Morgan fingerprint density at radius 1 is 1.36 bits per heavy atom. The van der Waals surface area contributed by atoms with E-state index in [0.717, 1.165) is 23.4 Å². The van der Waals surface area contributed by atoms with Crippen LogP contribution in [0.5, 0.6) is 5.75 Å². The maximum atomic E-state index is 12.0. The number of methoxy groups -OCH3 is 1. The van der Waals surface area contributed by atoms with Crippen molar-refractivity contribution in [3.8, 4) is 5.75 Å². The SMILES string of the molecule is COc1ccc([C@H]2[C@@H]3COC(C)(C)CC3=NN2C(C)=O)cc1. The van der Waals surface area contributed by atoms with Gasteiger partial charge in [0.05, 0.1) is 25.4 Å². The predicted octanol–water partition coefficient (Wildman–Crippen LogP) is 2.77. The zero-order chi connectivity index (χ0) is 15.9. The van der Waals surface area contributed by atoms with Crippen molar-refractivity contribution in [2.45, 2.75) is 38.8 Å². The summed E-state index contributed by atoms with van der Waals surface area (Å²) in [6, 6.07) is 7.74. The first-order valence-electron chi connectivity index (χ1n) is 7.56. The fourth-order valence-corrected chi connectivity index (χ4v) is 3.22. The summed E-state index contributed by atoms with van der Waals surface area (Å²) in [7, 11) is 1.64. The molecule has 22 heavy (non-hydrogen) atoms. The van der Waals surface area contributed by atoms with Gasteiger partial charge in [-0.2, -0.15) is 5.10 Å². The van der Waals surface area contributed by atoms with Gasteiger partial charge in [-0.25, -0.2) is 5.01 Å². The van der Waals surface area contributed by atoms with Crippen LogP contribution in [0, 0.1) is 5.92 Å². The molecule has 2 aliphatic heterocycles. The number of carbonyl (C=O) groups is 1. The van der Waals surface area contributed by atoms with Crippen molar-refractivity contribution in [1.82, 2.24) is 5.01 Å². The van der Waals surface area contributed by atoms with Crippen LogP contribution in [-0.2, 0) is 9.53 Å². The number of carbonyl (C=O) groups excluding carboxylic acids is 1. The first kappa shape index (κ1) is 15.0. The van der Waals surface area contributed by atoms with Crippen LogP contribution in [-0.4, -0.2) is 35.9 Å². The number of hydrogen-bond acceptors (Lipinski definition) is 4. The van der Waals surface area contributed by atoms with Crippen molar-refractivity contribution < 1.29 is 14.3 Å². The van der Waals surface area contributed by atoms with Crippen LogP contribution in [0.3, 0.4) is 0 Å². The molecule has 2 heterocycles. The van der Waals surface area contributed by atoms with E-state index in [4.69, 9.17) is 9.47 Å². The second-order valence-electron chi connectivity index (χ2n) is 6.53. The molecule has 5 heteroatoms. The highest BCUT2D eigenvalue weighted by atomic mass is 16.5. The Kier molecular flexibility index (Phi) is 3.68. The van der Waals surface area contributed by atoms with Crippen LogP contribution in [0.25, 0.3) is 0 Å². The van der Waals surface area contributed by atoms with E-state index in [9.17, 15) is 4.79 Å². The number of ether oxygens (including phenoxy) is 2. The van der Waals surface area contributed by atoms with Gasteiger partial charge in [0.25, 0.3) is 0 Å². The first-order valence-corrected chi connectivity index (χ1v) is 7.56. The summed E-state index contributed by atoms with van der Waals surface area (Å²) >= 11 is 0. The lowest BCUT2D eigenvalue weighted by molar-refractivity contribution is -0.131. The molecule has 1 amide bonds.